The third kappa shape index (κ3) is 5.60. The Labute approximate surface area is 347 Å². The van der Waals surface area contributed by atoms with E-state index in [-0.39, 0.29) is 10.8 Å². The zero-order valence-corrected chi connectivity index (χ0v) is 34.0. The van der Waals surface area contributed by atoms with E-state index in [0.717, 1.165) is 17.1 Å². The summed E-state index contributed by atoms with van der Waals surface area (Å²) in [7, 11) is 0. The Balaban J connectivity index is 1.03. The highest BCUT2D eigenvalue weighted by Crippen LogP contribution is 2.51. The van der Waals surface area contributed by atoms with Crippen LogP contribution in [0.4, 0.5) is 17.1 Å². The zero-order valence-electron chi connectivity index (χ0n) is 34.0. The molecule has 0 aliphatic heterocycles. The van der Waals surface area contributed by atoms with Crippen LogP contribution in [-0.4, -0.2) is 0 Å². The Morgan fingerprint density at radius 3 is 1.29 bits per heavy atom. The second-order valence-corrected chi connectivity index (χ2v) is 17.4. The van der Waals surface area contributed by atoms with Crippen molar-refractivity contribution < 1.29 is 0 Å². The first-order chi connectivity index (χ1) is 28.8. The lowest BCUT2D eigenvalue weighted by atomic mass is 9.82. The van der Waals surface area contributed by atoms with E-state index in [1.54, 1.807) is 0 Å². The number of anilines is 3. The van der Waals surface area contributed by atoms with E-state index in [2.05, 4.69) is 233 Å². The van der Waals surface area contributed by atoms with Crippen LogP contribution < -0.4 is 4.90 Å². The van der Waals surface area contributed by atoms with E-state index in [1.165, 1.54) is 88.7 Å². The van der Waals surface area contributed by atoms with Gasteiger partial charge in [-0.1, -0.05) is 179 Å². The molecular weight excluding hydrogens is 711 g/mol. The fraction of sp³-hybridized carbons (Fsp3) is 0.103. The second kappa shape index (κ2) is 13.3. The molecule has 0 fully saturated rings. The van der Waals surface area contributed by atoms with Crippen molar-refractivity contribution in [2.75, 3.05) is 4.90 Å². The lowest BCUT2D eigenvalue weighted by Gasteiger charge is -2.27. The first-order valence-electron chi connectivity index (χ1n) is 20.8. The van der Waals surface area contributed by atoms with E-state index in [1.807, 2.05) is 0 Å². The fourth-order valence-corrected chi connectivity index (χ4v) is 10.2. The number of nitrogens with zero attached hydrogens (tertiary/aromatic N) is 1. The normalized spacial score (nSPS) is 14.0. The molecule has 0 atom stereocenters. The molecule has 0 bridgehead atoms. The molecule has 1 heteroatoms. The Kier molecular flexibility index (Phi) is 7.94. The van der Waals surface area contributed by atoms with E-state index in [0.29, 0.717) is 0 Å². The maximum Gasteiger partial charge on any atom is 0.0467 e. The third-order valence-corrected chi connectivity index (χ3v) is 13.3. The molecule has 9 aromatic rings. The number of fused-ring (bicyclic) bond motifs is 7. The third-order valence-electron chi connectivity index (χ3n) is 13.3. The Morgan fingerprint density at radius 1 is 0.288 bits per heavy atom. The highest BCUT2D eigenvalue weighted by molar-refractivity contribution is 5.97. The molecule has 0 saturated heterocycles. The summed E-state index contributed by atoms with van der Waals surface area (Å²) in [5.41, 5.74) is 21.5. The largest absolute Gasteiger partial charge is 0.310 e. The van der Waals surface area contributed by atoms with Gasteiger partial charge in [0, 0.05) is 27.9 Å². The van der Waals surface area contributed by atoms with Gasteiger partial charge in [-0.25, -0.2) is 0 Å². The highest BCUT2D eigenvalue weighted by atomic mass is 15.1. The van der Waals surface area contributed by atoms with Crippen LogP contribution in [0, 0.1) is 0 Å². The van der Waals surface area contributed by atoms with Crippen LogP contribution in [0.2, 0.25) is 0 Å². The molecule has 0 amide bonds. The van der Waals surface area contributed by atoms with E-state index in [9.17, 15) is 0 Å². The van der Waals surface area contributed by atoms with Crippen LogP contribution in [0.3, 0.4) is 0 Å². The Hall–Kier alpha value is -6.96. The summed E-state index contributed by atoms with van der Waals surface area (Å²) in [5.74, 6) is 0. The van der Waals surface area contributed by atoms with Gasteiger partial charge in [-0.3, -0.25) is 0 Å². The lowest BCUT2D eigenvalue weighted by molar-refractivity contribution is 0.660. The average Bonchev–Trinajstić information content (AvgIpc) is 3.65. The zero-order chi connectivity index (χ0) is 39.9. The quantitative estimate of drug-likeness (QED) is 0.163. The van der Waals surface area contributed by atoms with Gasteiger partial charge < -0.3 is 4.90 Å². The Morgan fingerprint density at radius 2 is 0.712 bits per heavy atom. The maximum absolute atomic E-state index is 2.41. The summed E-state index contributed by atoms with van der Waals surface area (Å²) in [6.07, 6.45) is 0. The van der Waals surface area contributed by atoms with Gasteiger partial charge in [-0.15, -0.1) is 0 Å². The summed E-state index contributed by atoms with van der Waals surface area (Å²) >= 11 is 0. The highest BCUT2D eigenvalue weighted by Gasteiger charge is 2.36. The number of rotatable bonds is 6. The minimum Gasteiger partial charge on any atom is -0.310 e. The molecule has 0 heterocycles. The maximum atomic E-state index is 2.41. The number of hydrogen-bond acceptors (Lipinski definition) is 1. The van der Waals surface area contributed by atoms with Gasteiger partial charge in [0.15, 0.2) is 0 Å². The van der Waals surface area contributed by atoms with Crippen LogP contribution in [0.5, 0.6) is 0 Å². The van der Waals surface area contributed by atoms with Crippen molar-refractivity contribution in [3.63, 3.8) is 0 Å². The first-order valence-corrected chi connectivity index (χ1v) is 20.8. The lowest BCUT2D eigenvalue weighted by Crippen LogP contribution is -2.14. The van der Waals surface area contributed by atoms with Gasteiger partial charge in [0.05, 0.1) is 0 Å². The molecule has 2 aliphatic rings. The van der Waals surface area contributed by atoms with Crippen molar-refractivity contribution in [1.29, 1.82) is 0 Å². The predicted octanol–water partition coefficient (Wildman–Crippen LogP) is 15.9. The molecule has 9 aromatic carbocycles. The fourth-order valence-electron chi connectivity index (χ4n) is 10.2. The van der Waals surface area contributed by atoms with Gasteiger partial charge in [0.25, 0.3) is 0 Å². The van der Waals surface area contributed by atoms with Crippen LogP contribution in [-0.2, 0) is 10.8 Å². The van der Waals surface area contributed by atoms with Crippen molar-refractivity contribution in [1.82, 2.24) is 0 Å². The van der Waals surface area contributed by atoms with E-state index in [4.69, 9.17) is 0 Å². The van der Waals surface area contributed by atoms with Crippen LogP contribution in [0.15, 0.2) is 200 Å². The molecule has 11 rings (SSSR count). The molecule has 0 saturated carbocycles. The topological polar surface area (TPSA) is 3.24 Å². The average molecular weight is 756 g/mol. The molecule has 0 radical (unpaired) electrons. The minimum absolute atomic E-state index is 0.0231. The molecular formula is C58H45N. The van der Waals surface area contributed by atoms with Gasteiger partial charge in [-0.2, -0.15) is 0 Å². The molecule has 282 valence electrons. The second-order valence-electron chi connectivity index (χ2n) is 17.4. The molecule has 2 aliphatic carbocycles. The van der Waals surface area contributed by atoms with E-state index < -0.39 is 0 Å². The van der Waals surface area contributed by atoms with Crippen LogP contribution in [0.25, 0.3) is 66.4 Å². The summed E-state index contributed by atoms with van der Waals surface area (Å²) in [5, 5.41) is 2.52. The number of hydrogen-bond donors (Lipinski definition) is 0. The SMILES string of the molecule is CC1(C)c2ccccc2-c2cc(-c3cccc(N(c4ccc(-c5cccc6ccccc56)cc4)c4cccc(-c5ccc6c(c5)-c5ccccc5C6(C)C)c4)c3)ccc21. The molecule has 0 N–H and O–H groups in total. The molecule has 0 unspecified atom stereocenters. The monoisotopic (exact) mass is 755 g/mol. The molecule has 1 nitrogen and oxygen atoms in total. The van der Waals surface area contributed by atoms with Gasteiger partial charge in [0.1, 0.15) is 0 Å². The molecule has 59 heavy (non-hydrogen) atoms. The summed E-state index contributed by atoms with van der Waals surface area (Å²) in [4.78, 5) is 2.41. The molecule has 0 spiro atoms. The van der Waals surface area contributed by atoms with Crippen molar-refractivity contribution in [3.8, 4) is 55.6 Å². The standard InChI is InChI=1S/C58H45N/c1-57(2)53-24-9-7-21-49(53)51-36-42(28-32-55(51)57)40-16-11-18-45(34-40)59(44-30-26-39(27-31-44)48-23-13-15-38-14-5-6-20-47(38)48)46-19-12-17-41(35-46)43-29-33-56-52(37-43)50-22-8-10-25-54(50)58(56,3)4/h5-37H,1-4H3. The summed E-state index contributed by atoms with van der Waals surface area (Å²) in [6, 6.07) is 74.4. The number of benzene rings is 9. The molecule has 0 aromatic heterocycles. The van der Waals surface area contributed by atoms with Crippen molar-refractivity contribution in [2.45, 2.75) is 38.5 Å². The van der Waals surface area contributed by atoms with Crippen LogP contribution >= 0.6 is 0 Å². The van der Waals surface area contributed by atoms with Crippen molar-refractivity contribution in [3.05, 3.63) is 222 Å². The van der Waals surface area contributed by atoms with Crippen LogP contribution in [0.1, 0.15) is 49.9 Å². The summed E-state index contributed by atoms with van der Waals surface area (Å²) in [6.45, 7) is 9.38. The van der Waals surface area contributed by atoms with Gasteiger partial charge in [-0.05, 0) is 137 Å². The van der Waals surface area contributed by atoms with Crippen molar-refractivity contribution >= 4 is 27.8 Å². The van der Waals surface area contributed by atoms with Crippen molar-refractivity contribution in [2.24, 2.45) is 0 Å². The minimum atomic E-state index is -0.0231. The first kappa shape index (κ1) is 35.2. The Bertz CT molecular complexity index is 2950. The van der Waals surface area contributed by atoms with Gasteiger partial charge in [0.2, 0.25) is 0 Å². The van der Waals surface area contributed by atoms with Gasteiger partial charge >= 0.3 is 0 Å². The van der Waals surface area contributed by atoms with E-state index >= 15 is 0 Å². The predicted molar refractivity (Wildman–Crippen MR) is 250 cm³/mol. The summed E-state index contributed by atoms with van der Waals surface area (Å²) < 4.78 is 0. The smallest absolute Gasteiger partial charge is 0.0467 e.